The minimum Gasteiger partial charge on any atom is -0.494 e. The molecule has 0 amide bonds. The first-order valence-electron chi connectivity index (χ1n) is 9.41. The molecule has 5 nitrogen and oxygen atoms in total. The number of fused-ring (bicyclic) bond motifs is 2. The number of pyridine rings is 1. The Morgan fingerprint density at radius 3 is 2.79 bits per heavy atom. The van der Waals surface area contributed by atoms with Gasteiger partial charge in [0.05, 0.1) is 24.9 Å². The third-order valence-electron chi connectivity index (χ3n) is 5.29. The molecule has 0 N–H and O–H groups in total. The normalized spacial score (nSPS) is 14.4. The summed E-state index contributed by atoms with van der Waals surface area (Å²) in [5.74, 6) is 1.68. The van der Waals surface area contributed by atoms with E-state index in [4.69, 9.17) is 9.72 Å². The molecule has 7 heteroatoms. The lowest BCUT2D eigenvalue weighted by Gasteiger charge is -2.13. The molecule has 1 aliphatic rings. The number of aromatic nitrogens is 4. The van der Waals surface area contributed by atoms with E-state index < -0.39 is 13.0 Å². The Kier molecular flexibility index (Phi) is 4.03. The highest BCUT2D eigenvalue weighted by atomic mass is 19.3. The van der Waals surface area contributed by atoms with E-state index >= 15 is 0 Å². The average molecular weight is 382 g/mol. The van der Waals surface area contributed by atoms with Crippen molar-refractivity contribution in [2.45, 2.75) is 32.4 Å². The summed E-state index contributed by atoms with van der Waals surface area (Å²) in [7, 11) is 1.54. The number of nitrogens with zero attached hydrogens (tertiary/aromatic N) is 4. The fourth-order valence-corrected chi connectivity index (χ4v) is 3.84. The first-order chi connectivity index (χ1) is 13.7. The van der Waals surface area contributed by atoms with Gasteiger partial charge in [0.1, 0.15) is 16.9 Å². The zero-order valence-electron chi connectivity index (χ0n) is 15.5. The molecule has 1 fully saturated rings. The lowest BCUT2D eigenvalue weighted by molar-refractivity contribution is 0.128. The van der Waals surface area contributed by atoms with Crippen LogP contribution in [0.25, 0.3) is 33.6 Å². The summed E-state index contributed by atoms with van der Waals surface area (Å²) in [6, 6.07) is 11.3. The van der Waals surface area contributed by atoms with Gasteiger partial charge in [-0.15, -0.1) is 0 Å². The molecule has 0 spiro atoms. The number of hydrogen-bond donors (Lipinski definition) is 0. The van der Waals surface area contributed by atoms with Crippen LogP contribution >= 0.6 is 0 Å². The fourth-order valence-electron chi connectivity index (χ4n) is 3.84. The van der Waals surface area contributed by atoms with Crippen LogP contribution in [0.5, 0.6) is 5.75 Å². The highest BCUT2D eigenvalue weighted by Gasteiger charge is 2.27. The van der Waals surface area contributed by atoms with Gasteiger partial charge < -0.3 is 13.9 Å². The summed E-state index contributed by atoms with van der Waals surface area (Å²) in [4.78, 5) is 9.27. The largest absolute Gasteiger partial charge is 0.494 e. The maximum Gasteiger partial charge on any atom is 0.256 e. The van der Waals surface area contributed by atoms with Crippen LogP contribution in [0, 0.1) is 5.92 Å². The molecule has 0 unspecified atom stereocenters. The Balaban J connectivity index is 1.79. The van der Waals surface area contributed by atoms with E-state index in [1.165, 1.54) is 12.8 Å². The number of alkyl halides is 2. The third-order valence-corrected chi connectivity index (χ3v) is 5.29. The highest BCUT2D eigenvalue weighted by molar-refractivity contribution is 5.88. The number of ether oxygens (including phenoxy) is 1. The van der Waals surface area contributed by atoms with Crippen molar-refractivity contribution >= 4 is 22.1 Å². The molecule has 1 aromatic carbocycles. The quantitative estimate of drug-likeness (QED) is 0.484. The van der Waals surface area contributed by atoms with Crippen molar-refractivity contribution in [3.63, 3.8) is 0 Å². The maximum atomic E-state index is 13.5. The topological polar surface area (TPSA) is 44.9 Å². The zero-order chi connectivity index (χ0) is 19.3. The Bertz CT molecular complexity index is 1160. The van der Waals surface area contributed by atoms with Crippen molar-refractivity contribution in [2.75, 3.05) is 7.11 Å². The van der Waals surface area contributed by atoms with Gasteiger partial charge in [-0.25, -0.2) is 18.7 Å². The van der Waals surface area contributed by atoms with Gasteiger partial charge in [0, 0.05) is 18.1 Å². The molecule has 0 radical (unpaired) electrons. The molecule has 3 heterocycles. The first kappa shape index (κ1) is 17.2. The van der Waals surface area contributed by atoms with Crippen LogP contribution in [0.3, 0.4) is 0 Å². The lowest BCUT2D eigenvalue weighted by Crippen LogP contribution is -2.11. The summed E-state index contributed by atoms with van der Waals surface area (Å²) in [5, 5.41) is 0.987. The summed E-state index contributed by atoms with van der Waals surface area (Å²) >= 11 is 0. The minimum absolute atomic E-state index is 0.440. The molecule has 0 atom stereocenters. The minimum atomic E-state index is -2.50. The average Bonchev–Trinajstić information content (AvgIpc) is 3.34. The molecule has 0 aliphatic heterocycles. The fraction of sp³-hybridized carbons (Fsp3) is 0.333. The van der Waals surface area contributed by atoms with Gasteiger partial charge in [-0.3, -0.25) is 0 Å². The van der Waals surface area contributed by atoms with Gasteiger partial charge in [-0.1, -0.05) is 6.07 Å². The first-order valence-corrected chi connectivity index (χ1v) is 9.41. The Morgan fingerprint density at radius 1 is 1.18 bits per heavy atom. The van der Waals surface area contributed by atoms with Crippen LogP contribution in [0.2, 0.25) is 0 Å². The summed E-state index contributed by atoms with van der Waals surface area (Å²) in [6.07, 6.45) is 1.64. The number of halogens is 2. The van der Waals surface area contributed by atoms with Gasteiger partial charge in [0.25, 0.3) is 6.43 Å². The second kappa shape index (κ2) is 6.58. The van der Waals surface area contributed by atoms with Crippen LogP contribution < -0.4 is 4.74 Å². The number of rotatable bonds is 6. The van der Waals surface area contributed by atoms with E-state index in [1.807, 2.05) is 30.3 Å². The predicted molar refractivity (Wildman–Crippen MR) is 104 cm³/mol. The molecule has 0 saturated heterocycles. The molecule has 3 aromatic heterocycles. The van der Waals surface area contributed by atoms with Crippen molar-refractivity contribution in [2.24, 2.45) is 5.92 Å². The third kappa shape index (κ3) is 2.82. The monoisotopic (exact) mass is 382 g/mol. The molecular weight excluding hydrogens is 362 g/mol. The van der Waals surface area contributed by atoms with E-state index in [0.717, 1.165) is 23.3 Å². The van der Waals surface area contributed by atoms with Crippen molar-refractivity contribution in [3.05, 3.63) is 42.6 Å². The number of para-hydroxylation sites is 1. The Morgan fingerprint density at radius 2 is 2.04 bits per heavy atom. The molecule has 1 aliphatic carbocycles. The maximum absolute atomic E-state index is 13.5. The zero-order valence-corrected chi connectivity index (χ0v) is 15.5. The molecule has 4 aromatic rings. The molecule has 144 valence electrons. The van der Waals surface area contributed by atoms with Crippen LogP contribution in [0.4, 0.5) is 8.78 Å². The van der Waals surface area contributed by atoms with Gasteiger partial charge in [0.15, 0.2) is 5.82 Å². The standard InChI is InChI=1S/C21H20F2N4O/c1-28-17-6-2-5-15-19(17)27(12-18(22)23)21(25-15)16-10-14-4-3-9-24-20(14)26(16)11-13-7-8-13/h2-6,9-10,13,18H,7-8,11-12H2,1H3. The van der Waals surface area contributed by atoms with Crippen LogP contribution in [0.15, 0.2) is 42.6 Å². The number of hydrogen-bond acceptors (Lipinski definition) is 3. The molecule has 0 bridgehead atoms. The molecule has 1 saturated carbocycles. The Hall–Kier alpha value is -2.96. The van der Waals surface area contributed by atoms with Crippen molar-refractivity contribution in [1.29, 1.82) is 0 Å². The van der Waals surface area contributed by atoms with E-state index in [9.17, 15) is 8.78 Å². The van der Waals surface area contributed by atoms with Crippen molar-refractivity contribution < 1.29 is 13.5 Å². The van der Waals surface area contributed by atoms with E-state index in [2.05, 4.69) is 9.55 Å². The van der Waals surface area contributed by atoms with Crippen molar-refractivity contribution in [1.82, 2.24) is 19.1 Å². The number of imidazole rings is 1. The molecule has 5 rings (SSSR count). The predicted octanol–water partition coefficient (Wildman–Crippen LogP) is 4.74. The number of methoxy groups -OCH3 is 1. The second-order valence-electron chi connectivity index (χ2n) is 7.26. The summed E-state index contributed by atoms with van der Waals surface area (Å²) in [6.45, 7) is 0.384. The highest BCUT2D eigenvalue weighted by Crippen LogP contribution is 2.37. The Labute approximate surface area is 160 Å². The van der Waals surface area contributed by atoms with Crippen LogP contribution in [-0.2, 0) is 13.1 Å². The SMILES string of the molecule is COc1cccc2nc(-c3cc4cccnc4n3CC3CC3)n(CC(F)F)c12. The van der Waals surface area contributed by atoms with Crippen molar-refractivity contribution in [3.8, 4) is 17.3 Å². The van der Waals surface area contributed by atoms with Gasteiger partial charge in [-0.2, -0.15) is 0 Å². The smallest absolute Gasteiger partial charge is 0.256 e. The lowest BCUT2D eigenvalue weighted by atomic mass is 10.3. The molecule has 28 heavy (non-hydrogen) atoms. The van der Waals surface area contributed by atoms with Gasteiger partial charge >= 0.3 is 0 Å². The van der Waals surface area contributed by atoms with E-state index in [1.54, 1.807) is 23.9 Å². The second-order valence-corrected chi connectivity index (χ2v) is 7.26. The van der Waals surface area contributed by atoms with E-state index in [-0.39, 0.29) is 0 Å². The van der Waals surface area contributed by atoms with Crippen LogP contribution in [0.1, 0.15) is 12.8 Å². The van der Waals surface area contributed by atoms with Gasteiger partial charge in [0.2, 0.25) is 0 Å². The number of benzene rings is 1. The summed E-state index contributed by atoms with van der Waals surface area (Å²) in [5.41, 5.74) is 2.93. The van der Waals surface area contributed by atoms with Crippen LogP contribution in [-0.4, -0.2) is 32.6 Å². The molecular formula is C21H20F2N4O. The van der Waals surface area contributed by atoms with Gasteiger partial charge in [-0.05, 0) is 49.1 Å². The summed E-state index contributed by atoms with van der Waals surface area (Å²) < 4.78 is 36.1. The van der Waals surface area contributed by atoms with E-state index in [0.29, 0.717) is 28.5 Å².